The molecule has 1 aliphatic rings. The maximum Gasteiger partial charge on any atom is 0.00823 e. The molecule has 0 amide bonds. The predicted molar refractivity (Wildman–Crippen MR) is 66.0 cm³/mol. The number of hydrogen-bond acceptors (Lipinski definition) is 3. The molecule has 1 saturated carbocycles. The topological polar surface area (TPSA) is 41.3 Å². The van der Waals surface area contributed by atoms with Crippen LogP contribution in [-0.2, 0) is 0 Å². The van der Waals surface area contributed by atoms with Gasteiger partial charge in [-0.1, -0.05) is 0 Å². The molecule has 1 fully saturated rings. The molecule has 0 heterocycles. The van der Waals surface area contributed by atoms with Crippen molar-refractivity contribution in [3.8, 4) is 0 Å². The van der Waals surface area contributed by atoms with Crippen LogP contribution in [0.2, 0.25) is 0 Å². The quantitative estimate of drug-likeness (QED) is 0.651. The van der Waals surface area contributed by atoms with Crippen LogP contribution < -0.4 is 11.1 Å². The molecule has 1 rings (SSSR count). The molecule has 0 bridgehead atoms. The molecule has 3 N–H and O–H groups in total. The second kappa shape index (κ2) is 6.46. The molecule has 0 aliphatic heterocycles. The second-order valence-corrected chi connectivity index (χ2v) is 5.15. The van der Waals surface area contributed by atoms with Crippen molar-refractivity contribution in [2.24, 2.45) is 5.73 Å². The summed E-state index contributed by atoms with van der Waals surface area (Å²) in [6.45, 7) is 6.80. The van der Waals surface area contributed by atoms with Crippen LogP contribution in [-0.4, -0.2) is 43.2 Å². The molecule has 2 unspecified atom stereocenters. The van der Waals surface area contributed by atoms with Gasteiger partial charge >= 0.3 is 0 Å². The second-order valence-electron chi connectivity index (χ2n) is 5.15. The van der Waals surface area contributed by atoms with Gasteiger partial charge in [-0.25, -0.2) is 0 Å². The van der Waals surface area contributed by atoms with Crippen LogP contribution in [0.1, 0.15) is 39.5 Å². The first-order chi connectivity index (χ1) is 7.09. The van der Waals surface area contributed by atoms with Crippen LogP contribution >= 0.6 is 0 Å². The fourth-order valence-electron chi connectivity index (χ4n) is 2.09. The maximum atomic E-state index is 5.87. The summed E-state index contributed by atoms with van der Waals surface area (Å²) in [5.74, 6) is 0. The highest BCUT2D eigenvalue weighted by atomic mass is 15.1. The lowest BCUT2D eigenvalue weighted by Gasteiger charge is -2.21. The van der Waals surface area contributed by atoms with E-state index >= 15 is 0 Å². The molecular weight excluding hydrogens is 186 g/mol. The Bertz CT molecular complexity index is 170. The van der Waals surface area contributed by atoms with Crippen molar-refractivity contribution in [1.29, 1.82) is 0 Å². The minimum Gasteiger partial charge on any atom is -0.328 e. The van der Waals surface area contributed by atoms with Gasteiger partial charge in [0, 0.05) is 18.1 Å². The van der Waals surface area contributed by atoms with Crippen molar-refractivity contribution in [2.45, 2.75) is 57.7 Å². The molecule has 15 heavy (non-hydrogen) atoms. The van der Waals surface area contributed by atoms with Gasteiger partial charge in [-0.2, -0.15) is 0 Å². The third-order valence-electron chi connectivity index (χ3n) is 3.48. The lowest BCUT2D eigenvalue weighted by Crippen LogP contribution is -2.33. The van der Waals surface area contributed by atoms with Crippen LogP contribution in [0.5, 0.6) is 0 Å². The lowest BCUT2D eigenvalue weighted by atomic mass is 10.2. The molecule has 0 aromatic heterocycles. The van der Waals surface area contributed by atoms with Crippen LogP contribution in [0.25, 0.3) is 0 Å². The monoisotopic (exact) mass is 213 g/mol. The molecule has 90 valence electrons. The largest absolute Gasteiger partial charge is 0.328 e. The number of nitrogens with two attached hydrogens (primary N) is 1. The highest BCUT2D eigenvalue weighted by Crippen LogP contribution is 2.16. The zero-order valence-electron chi connectivity index (χ0n) is 10.5. The lowest BCUT2D eigenvalue weighted by molar-refractivity contribution is 0.267. The van der Waals surface area contributed by atoms with E-state index in [1.54, 1.807) is 0 Å². The van der Waals surface area contributed by atoms with Gasteiger partial charge in [0.25, 0.3) is 0 Å². The number of hydrogen-bond donors (Lipinski definition) is 2. The Morgan fingerprint density at radius 2 is 2.13 bits per heavy atom. The molecule has 0 aromatic rings. The smallest absolute Gasteiger partial charge is 0.00823 e. The van der Waals surface area contributed by atoms with Gasteiger partial charge in [0.05, 0.1) is 0 Å². The van der Waals surface area contributed by atoms with E-state index in [2.05, 4.69) is 31.1 Å². The van der Waals surface area contributed by atoms with E-state index in [0.717, 1.165) is 6.54 Å². The molecule has 0 saturated heterocycles. The van der Waals surface area contributed by atoms with Gasteiger partial charge in [-0.05, 0) is 59.7 Å². The zero-order chi connectivity index (χ0) is 11.3. The minimum absolute atomic E-state index is 0.445. The van der Waals surface area contributed by atoms with E-state index in [-0.39, 0.29) is 0 Å². The SMILES string of the molecule is CC(C)N(C)CCCNC1CCC(N)C1. The average molecular weight is 213 g/mol. The molecule has 2 atom stereocenters. The summed E-state index contributed by atoms with van der Waals surface area (Å²) in [4.78, 5) is 2.39. The van der Waals surface area contributed by atoms with Gasteiger partial charge in [0.15, 0.2) is 0 Å². The van der Waals surface area contributed by atoms with E-state index in [4.69, 9.17) is 5.73 Å². The van der Waals surface area contributed by atoms with Crippen LogP contribution in [0.15, 0.2) is 0 Å². The normalized spacial score (nSPS) is 26.8. The van der Waals surface area contributed by atoms with Crippen molar-refractivity contribution >= 4 is 0 Å². The Morgan fingerprint density at radius 1 is 1.40 bits per heavy atom. The van der Waals surface area contributed by atoms with E-state index in [1.165, 1.54) is 32.2 Å². The molecule has 3 nitrogen and oxygen atoms in total. The van der Waals surface area contributed by atoms with Crippen molar-refractivity contribution in [2.75, 3.05) is 20.1 Å². The minimum atomic E-state index is 0.445. The maximum absolute atomic E-state index is 5.87. The summed E-state index contributed by atoms with van der Waals surface area (Å²) in [5, 5.41) is 3.60. The Balaban J connectivity index is 1.97. The first-order valence-electron chi connectivity index (χ1n) is 6.28. The number of nitrogens with zero attached hydrogens (tertiary/aromatic N) is 1. The first kappa shape index (κ1) is 12.9. The van der Waals surface area contributed by atoms with Crippen LogP contribution in [0.3, 0.4) is 0 Å². The molecule has 0 aromatic carbocycles. The summed E-state index contributed by atoms with van der Waals surface area (Å²) in [6.07, 6.45) is 4.87. The van der Waals surface area contributed by atoms with Crippen LogP contribution in [0, 0.1) is 0 Å². The van der Waals surface area contributed by atoms with E-state index < -0.39 is 0 Å². The third-order valence-corrected chi connectivity index (χ3v) is 3.48. The highest BCUT2D eigenvalue weighted by molar-refractivity contribution is 4.82. The van der Waals surface area contributed by atoms with Crippen molar-refractivity contribution in [3.63, 3.8) is 0 Å². The highest BCUT2D eigenvalue weighted by Gasteiger charge is 2.20. The molecule has 3 heteroatoms. The summed E-state index contributed by atoms with van der Waals surface area (Å²) in [5.41, 5.74) is 5.87. The summed E-state index contributed by atoms with van der Waals surface area (Å²) in [7, 11) is 2.19. The first-order valence-corrected chi connectivity index (χ1v) is 6.28. The van der Waals surface area contributed by atoms with Gasteiger partial charge in [0.2, 0.25) is 0 Å². The van der Waals surface area contributed by atoms with E-state index in [1.807, 2.05) is 0 Å². The average Bonchev–Trinajstić information content (AvgIpc) is 2.58. The van der Waals surface area contributed by atoms with Crippen molar-refractivity contribution in [1.82, 2.24) is 10.2 Å². The zero-order valence-corrected chi connectivity index (χ0v) is 10.5. The fraction of sp³-hybridized carbons (Fsp3) is 1.00. The van der Waals surface area contributed by atoms with E-state index in [9.17, 15) is 0 Å². The van der Waals surface area contributed by atoms with Gasteiger partial charge in [0.1, 0.15) is 0 Å². The van der Waals surface area contributed by atoms with Crippen molar-refractivity contribution in [3.05, 3.63) is 0 Å². The van der Waals surface area contributed by atoms with Gasteiger partial charge in [-0.3, -0.25) is 0 Å². The fourth-order valence-corrected chi connectivity index (χ4v) is 2.09. The van der Waals surface area contributed by atoms with Gasteiger partial charge in [-0.15, -0.1) is 0 Å². The van der Waals surface area contributed by atoms with Crippen molar-refractivity contribution < 1.29 is 0 Å². The van der Waals surface area contributed by atoms with E-state index in [0.29, 0.717) is 18.1 Å². The molecule has 0 radical (unpaired) electrons. The standard InChI is InChI=1S/C12H27N3/c1-10(2)15(3)8-4-7-14-12-6-5-11(13)9-12/h10-12,14H,4-9,13H2,1-3H3. The third kappa shape index (κ3) is 4.96. The Kier molecular flexibility index (Phi) is 5.58. The molecule has 0 spiro atoms. The Hall–Kier alpha value is -0.120. The van der Waals surface area contributed by atoms with Gasteiger partial charge < -0.3 is 16.0 Å². The van der Waals surface area contributed by atoms with Crippen LogP contribution in [0.4, 0.5) is 0 Å². The predicted octanol–water partition coefficient (Wildman–Crippen LogP) is 1.19. The summed E-state index contributed by atoms with van der Waals surface area (Å²) >= 11 is 0. The number of nitrogens with one attached hydrogen (secondary N) is 1. The summed E-state index contributed by atoms with van der Waals surface area (Å²) < 4.78 is 0. The molecular formula is C12H27N3. The summed E-state index contributed by atoms with van der Waals surface area (Å²) in [6, 6.07) is 1.79. The molecule has 1 aliphatic carbocycles. The Labute approximate surface area is 94.4 Å². The number of rotatable bonds is 6. The Morgan fingerprint density at radius 3 is 2.67 bits per heavy atom.